The summed E-state index contributed by atoms with van der Waals surface area (Å²) < 4.78 is 0. The molecule has 3 nitrogen and oxygen atoms in total. The minimum Gasteiger partial charge on any atom is -0.395 e. The zero-order chi connectivity index (χ0) is 7.11. The summed E-state index contributed by atoms with van der Waals surface area (Å²) in [5.41, 5.74) is 0. The normalized spacial score (nSPS) is 13.7. The van der Waals surface area contributed by atoms with Gasteiger partial charge in [0.15, 0.2) is 0 Å². The Morgan fingerprint density at radius 1 is 1.67 bits per heavy atom. The molecule has 0 saturated carbocycles. The van der Waals surface area contributed by atoms with E-state index in [2.05, 4.69) is 5.32 Å². The molecule has 1 radical (unpaired) electrons. The molecule has 0 bridgehead atoms. The van der Waals surface area contributed by atoms with Crippen LogP contribution < -0.4 is 5.32 Å². The number of hydrogen-bond acceptors (Lipinski definition) is 3. The molecule has 0 rings (SSSR count). The van der Waals surface area contributed by atoms with Crippen molar-refractivity contribution in [3.63, 3.8) is 0 Å². The van der Waals surface area contributed by atoms with Crippen LogP contribution in [0.15, 0.2) is 0 Å². The van der Waals surface area contributed by atoms with Gasteiger partial charge in [0.05, 0.1) is 12.7 Å². The third-order valence-electron chi connectivity index (χ3n) is 1.03. The highest BCUT2D eigenvalue weighted by atomic mass is 16.3. The lowest BCUT2D eigenvalue weighted by Crippen LogP contribution is -2.28. The Morgan fingerprint density at radius 3 is 2.78 bits per heavy atom. The van der Waals surface area contributed by atoms with Crippen molar-refractivity contribution >= 4 is 0 Å². The zero-order valence-corrected chi connectivity index (χ0v) is 5.67. The van der Waals surface area contributed by atoms with Crippen LogP contribution in [0.1, 0.15) is 6.92 Å². The minimum absolute atomic E-state index is 0.121. The Balaban J connectivity index is 2.88. The molecule has 0 aliphatic carbocycles. The molecule has 0 aromatic heterocycles. The molecule has 0 aliphatic heterocycles. The first kappa shape index (κ1) is 8.88. The van der Waals surface area contributed by atoms with Gasteiger partial charge in [-0.1, -0.05) is 6.92 Å². The van der Waals surface area contributed by atoms with Crippen LogP contribution in [0.5, 0.6) is 0 Å². The first-order chi connectivity index (χ1) is 4.31. The van der Waals surface area contributed by atoms with Crippen LogP contribution in [0.25, 0.3) is 0 Å². The predicted octanol–water partition coefficient (Wildman–Crippen LogP) is -0.847. The van der Waals surface area contributed by atoms with E-state index in [0.29, 0.717) is 13.1 Å². The molecule has 1 unspecified atom stereocenters. The van der Waals surface area contributed by atoms with E-state index in [-0.39, 0.29) is 6.61 Å². The molecule has 0 amide bonds. The van der Waals surface area contributed by atoms with Gasteiger partial charge < -0.3 is 15.5 Å². The largest absolute Gasteiger partial charge is 0.395 e. The summed E-state index contributed by atoms with van der Waals surface area (Å²) in [6, 6.07) is 0. The van der Waals surface area contributed by atoms with Crippen molar-refractivity contribution in [2.75, 3.05) is 19.7 Å². The Kier molecular flexibility index (Phi) is 5.93. The van der Waals surface area contributed by atoms with Crippen molar-refractivity contribution in [1.29, 1.82) is 0 Å². The van der Waals surface area contributed by atoms with Gasteiger partial charge in [-0.2, -0.15) is 0 Å². The molecule has 0 spiro atoms. The van der Waals surface area contributed by atoms with E-state index in [1.807, 2.05) is 0 Å². The molecule has 55 valence electrons. The molecule has 0 saturated heterocycles. The van der Waals surface area contributed by atoms with Gasteiger partial charge >= 0.3 is 0 Å². The number of aliphatic hydroxyl groups is 2. The maximum Gasteiger partial charge on any atom is 0.0693 e. The second-order valence-electron chi connectivity index (χ2n) is 1.83. The topological polar surface area (TPSA) is 52.5 Å². The van der Waals surface area contributed by atoms with Crippen LogP contribution in [0.4, 0.5) is 0 Å². The van der Waals surface area contributed by atoms with Crippen molar-refractivity contribution in [2.45, 2.75) is 13.0 Å². The Hall–Kier alpha value is -0.120. The lowest BCUT2D eigenvalue weighted by molar-refractivity contribution is 0.198. The van der Waals surface area contributed by atoms with E-state index in [1.165, 1.54) is 0 Å². The van der Waals surface area contributed by atoms with Gasteiger partial charge in [-0.25, -0.2) is 0 Å². The highest BCUT2D eigenvalue weighted by molar-refractivity contribution is 4.71. The number of aliphatic hydroxyl groups excluding tert-OH is 2. The number of nitrogens with one attached hydrogen (secondary N) is 1. The van der Waals surface area contributed by atoms with Crippen molar-refractivity contribution in [3.8, 4) is 0 Å². The van der Waals surface area contributed by atoms with Gasteiger partial charge in [-0.15, -0.1) is 0 Å². The first-order valence-electron chi connectivity index (χ1n) is 3.10. The molecule has 3 N–H and O–H groups in total. The van der Waals surface area contributed by atoms with E-state index >= 15 is 0 Å². The third kappa shape index (κ3) is 5.76. The summed E-state index contributed by atoms with van der Waals surface area (Å²) in [6.45, 7) is 2.99. The number of hydrogen-bond donors (Lipinski definition) is 3. The van der Waals surface area contributed by atoms with Gasteiger partial charge in [-0.3, -0.25) is 0 Å². The Bertz CT molecular complexity index is 59.0. The molecule has 9 heavy (non-hydrogen) atoms. The Labute approximate surface area is 55.7 Å². The predicted molar refractivity (Wildman–Crippen MR) is 35.9 cm³/mol. The lowest BCUT2D eigenvalue weighted by Gasteiger charge is -2.06. The second-order valence-corrected chi connectivity index (χ2v) is 1.83. The molecule has 0 heterocycles. The van der Waals surface area contributed by atoms with Crippen molar-refractivity contribution < 1.29 is 10.2 Å². The summed E-state index contributed by atoms with van der Waals surface area (Å²) in [6.07, 6.45) is 1.31. The second kappa shape index (κ2) is 6.01. The van der Waals surface area contributed by atoms with Crippen LogP contribution in [0.2, 0.25) is 0 Å². The van der Waals surface area contributed by atoms with Gasteiger partial charge in [-0.05, 0) is 6.42 Å². The average Bonchev–Trinajstić information content (AvgIpc) is 1.89. The fourth-order valence-corrected chi connectivity index (χ4v) is 0.447. The van der Waals surface area contributed by atoms with Crippen molar-refractivity contribution in [1.82, 2.24) is 5.32 Å². The molecule has 0 aliphatic rings. The van der Waals surface area contributed by atoms with E-state index in [9.17, 15) is 0 Å². The zero-order valence-electron chi connectivity index (χ0n) is 5.67. The van der Waals surface area contributed by atoms with Crippen LogP contribution in [-0.4, -0.2) is 36.0 Å². The quantitative estimate of drug-likeness (QED) is 0.427. The first-order valence-corrected chi connectivity index (χ1v) is 3.10. The third-order valence-corrected chi connectivity index (χ3v) is 1.03. The maximum absolute atomic E-state index is 8.88. The molecular weight excluding hydrogens is 118 g/mol. The van der Waals surface area contributed by atoms with Crippen molar-refractivity contribution in [3.05, 3.63) is 6.42 Å². The smallest absolute Gasteiger partial charge is 0.0693 e. The summed E-state index contributed by atoms with van der Waals surface area (Å²) in [4.78, 5) is 0. The Morgan fingerprint density at radius 2 is 2.33 bits per heavy atom. The van der Waals surface area contributed by atoms with Crippen molar-refractivity contribution in [2.24, 2.45) is 0 Å². The molecule has 0 aromatic rings. The minimum atomic E-state index is -0.392. The van der Waals surface area contributed by atoms with Gasteiger partial charge in [0.2, 0.25) is 0 Å². The maximum atomic E-state index is 8.88. The molecule has 0 fully saturated rings. The summed E-state index contributed by atoms with van der Waals surface area (Å²) >= 11 is 0. The van der Waals surface area contributed by atoms with E-state index in [4.69, 9.17) is 10.2 Å². The van der Waals surface area contributed by atoms with Gasteiger partial charge in [0, 0.05) is 13.1 Å². The van der Waals surface area contributed by atoms with Crippen LogP contribution in [-0.2, 0) is 0 Å². The fourth-order valence-electron chi connectivity index (χ4n) is 0.447. The van der Waals surface area contributed by atoms with Gasteiger partial charge in [0.1, 0.15) is 0 Å². The van der Waals surface area contributed by atoms with Crippen LogP contribution >= 0.6 is 0 Å². The molecule has 0 aromatic carbocycles. The molecule has 1 atom stereocenters. The van der Waals surface area contributed by atoms with E-state index < -0.39 is 6.10 Å². The fraction of sp³-hybridized carbons (Fsp3) is 0.833. The summed E-state index contributed by atoms with van der Waals surface area (Å²) in [5.74, 6) is 0. The van der Waals surface area contributed by atoms with E-state index in [1.54, 1.807) is 13.3 Å². The van der Waals surface area contributed by atoms with Gasteiger partial charge in [0.25, 0.3) is 0 Å². The highest BCUT2D eigenvalue weighted by Gasteiger charge is 1.97. The summed E-state index contributed by atoms with van der Waals surface area (Å²) in [5, 5.41) is 20.0. The monoisotopic (exact) mass is 132 g/mol. The summed E-state index contributed by atoms with van der Waals surface area (Å²) in [7, 11) is 0. The SMILES string of the molecule is C[CH]C(O)CNCCO. The molecule has 3 heteroatoms. The average molecular weight is 132 g/mol. The van der Waals surface area contributed by atoms with Crippen LogP contribution in [0, 0.1) is 6.42 Å². The number of rotatable bonds is 5. The molecular formula is C6H14NO2. The standard InChI is InChI=1S/C6H14NO2/c1-2-6(9)5-7-3-4-8/h2,6-9H,3-5H2,1H3. The van der Waals surface area contributed by atoms with Crippen LogP contribution in [0.3, 0.4) is 0 Å². The van der Waals surface area contributed by atoms with E-state index in [0.717, 1.165) is 0 Å². The lowest BCUT2D eigenvalue weighted by atomic mass is 10.3. The highest BCUT2D eigenvalue weighted by Crippen LogP contribution is 1.83.